The predicted octanol–water partition coefficient (Wildman–Crippen LogP) is 3.11. The Morgan fingerprint density at radius 2 is 2.00 bits per heavy atom. The summed E-state index contributed by atoms with van der Waals surface area (Å²) >= 11 is 0. The van der Waals surface area contributed by atoms with E-state index in [2.05, 4.69) is 27.2 Å². The van der Waals surface area contributed by atoms with Gasteiger partial charge < -0.3 is 19.3 Å². The van der Waals surface area contributed by atoms with Crippen LogP contribution < -0.4 is 4.90 Å². The number of hydrogen-bond acceptors (Lipinski definition) is 7. The average molecular weight is 483 g/mol. The van der Waals surface area contributed by atoms with Crippen LogP contribution in [0.3, 0.4) is 0 Å². The Morgan fingerprint density at radius 3 is 2.77 bits per heavy atom. The summed E-state index contributed by atoms with van der Waals surface area (Å²) in [5.41, 5.74) is 2.54. The van der Waals surface area contributed by atoms with Crippen LogP contribution in [0, 0.1) is 5.41 Å². The van der Waals surface area contributed by atoms with E-state index in [0.29, 0.717) is 24.7 Å². The van der Waals surface area contributed by atoms with Gasteiger partial charge >= 0.3 is 6.09 Å². The van der Waals surface area contributed by atoms with E-state index in [1.165, 1.54) is 19.3 Å². The summed E-state index contributed by atoms with van der Waals surface area (Å²) in [5.74, 6) is 1.04. The molecule has 5 rings (SSSR count). The van der Waals surface area contributed by atoms with Gasteiger partial charge in [0, 0.05) is 80.9 Å². The molecule has 0 radical (unpaired) electrons. The molecule has 2 aliphatic heterocycles. The molecule has 9 heteroatoms. The molecule has 190 valence electrons. The second-order valence-electron chi connectivity index (χ2n) is 10.0. The Morgan fingerprint density at radius 1 is 1.17 bits per heavy atom. The number of likely N-dealkylation sites (tertiary alicyclic amines) is 1. The van der Waals surface area contributed by atoms with Gasteiger partial charge in [0.15, 0.2) is 0 Å². The molecule has 1 saturated carbocycles. The van der Waals surface area contributed by atoms with Crippen LogP contribution in [-0.4, -0.2) is 95.8 Å². The average Bonchev–Trinajstić information content (AvgIpc) is 3.52. The van der Waals surface area contributed by atoms with E-state index < -0.39 is 0 Å². The van der Waals surface area contributed by atoms with Gasteiger partial charge in [-0.25, -0.2) is 9.78 Å². The number of amides is 1. The molecule has 2 aromatic heterocycles. The van der Waals surface area contributed by atoms with Crippen molar-refractivity contribution in [1.82, 2.24) is 24.6 Å². The molecule has 1 spiro atoms. The van der Waals surface area contributed by atoms with E-state index in [-0.39, 0.29) is 6.09 Å². The maximum atomic E-state index is 12.0. The van der Waals surface area contributed by atoms with Gasteiger partial charge in [0.05, 0.1) is 26.0 Å². The van der Waals surface area contributed by atoms with Crippen LogP contribution >= 0.6 is 0 Å². The summed E-state index contributed by atoms with van der Waals surface area (Å²) in [6, 6.07) is 4.77. The number of pyridine rings is 1. The van der Waals surface area contributed by atoms with Gasteiger partial charge in [-0.15, -0.1) is 0 Å². The van der Waals surface area contributed by atoms with Gasteiger partial charge in [0.25, 0.3) is 0 Å². The molecule has 9 nitrogen and oxygen atoms in total. The number of anilines is 1. The first-order valence-corrected chi connectivity index (χ1v) is 13.1. The molecular formula is C26H38N6O3. The van der Waals surface area contributed by atoms with Gasteiger partial charge in [-0.1, -0.05) is 0 Å². The zero-order chi connectivity index (χ0) is 24.3. The fourth-order valence-corrected chi connectivity index (χ4v) is 5.98. The summed E-state index contributed by atoms with van der Waals surface area (Å²) in [4.78, 5) is 23.7. The lowest BCUT2D eigenvalue weighted by molar-refractivity contribution is -0.00294. The number of carbonyl (C=O) groups is 1. The molecule has 0 bridgehead atoms. The van der Waals surface area contributed by atoms with Crippen LogP contribution in [-0.2, 0) is 16.0 Å². The quantitative estimate of drug-likeness (QED) is 0.535. The van der Waals surface area contributed by atoms with Crippen molar-refractivity contribution in [1.29, 1.82) is 0 Å². The van der Waals surface area contributed by atoms with Crippen LogP contribution in [0.1, 0.15) is 33.1 Å². The van der Waals surface area contributed by atoms with Gasteiger partial charge in [-0.3, -0.25) is 9.58 Å². The summed E-state index contributed by atoms with van der Waals surface area (Å²) in [5, 5.41) is 4.52. The molecule has 2 saturated heterocycles. The van der Waals surface area contributed by atoms with Crippen LogP contribution in [0.5, 0.6) is 0 Å². The van der Waals surface area contributed by atoms with E-state index in [1.54, 1.807) is 0 Å². The van der Waals surface area contributed by atoms with Crippen molar-refractivity contribution < 1.29 is 14.3 Å². The first-order chi connectivity index (χ1) is 17.1. The van der Waals surface area contributed by atoms with Gasteiger partial charge in [-0.05, 0) is 45.2 Å². The van der Waals surface area contributed by atoms with Crippen LogP contribution in [0.4, 0.5) is 10.6 Å². The molecule has 2 aromatic rings. The van der Waals surface area contributed by atoms with E-state index in [4.69, 9.17) is 14.5 Å². The lowest BCUT2D eigenvalue weighted by atomic mass is 9.78. The van der Waals surface area contributed by atoms with Crippen molar-refractivity contribution >= 4 is 11.9 Å². The standard InChI is InChI=1S/C26H38N6O3/c1-3-34-15-14-32-18-21(17-28-32)23-6-5-9-27-24(23)30-12-10-29(11-13-30)22-7-8-26(16-22)19-31(20-26)25(33)35-4-2/h5-6,9,17-18,22H,3-4,7-8,10-16,19-20H2,1-2H3/t22-/m1/s1. The normalized spacial score (nSPS) is 21.9. The van der Waals surface area contributed by atoms with E-state index in [1.807, 2.05) is 41.9 Å². The summed E-state index contributed by atoms with van der Waals surface area (Å²) in [6.07, 6.45) is 9.39. The Hall–Kier alpha value is -2.65. The lowest BCUT2D eigenvalue weighted by Gasteiger charge is -2.48. The fourth-order valence-electron chi connectivity index (χ4n) is 5.98. The Bertz CT molecular complexity index is 996. The topological polar surface area (TPSA) is 76.0 Å². The molecule has 1 atom stereocenters. The summed E-state index contributed by atoms with van der Waals surface area (Å²) in [7, 11) is 0. The number of aromatic nitrogens is 3. The highest BCUT2D eigenvalue weighted by atomic mass is 16.6. The van der Waals surface area contributed by atoms with E-state index in [0.717, 1.165) is 69.4 Å². The SMILES string of the molecule is CCOCCn1cc(-c2cccnc2N2CCN([C@@H]3CCC4(C3)CN(C(=O)OCC)C4)CC2)cn1. The number of ether oxygens (including phenoxy) is 2. The smallest absolute Gasteiger partial charge is 0.409 e. The number of piperazine rings is 1. The minimum Gasteiger partial charge on any atom is -0.450 e. The molecular weight excluding hydrogens is 444 g/mol. The molecule has 0 unspecified atom stereocenters. The van der Waals surface area contributed by atoms with Crippen molar-refractivity contribution in [2.45, 2.75) is 45.7 Å². The van der Waals surface area contributed by atoms with Crippen molar-refractivity contribution in [3.63, 3.8) is 0 Å². The zero-order valence-electron chi connectivity index (χ0n) is 21.1. The third-order valence-corrected chi connectivity index (χ3v) is 7.79. The highest BCUT2D eigenvalue weighted by molar-refractivity contribution is 5.75. The Labute approximate surface area is 208 Å². The molecule has 0 aromatic carbocycles. The summed E-state index contributed by atoms with van der Waals surface area (Å²) in [6.45, 7) is 12.2. The van der Waals surface area contributed by atoms with Crippen molar-refractivity contribution in [3.05, 3.63) is 30.7 Å². The van der Waals surface area contributed by atoms with Crippen molar-refractivity contribution in [3.8, 4) is 11.1 Å². The van der Waals surface area contributed by atoms with Crippen LogP contribution in [0.25, 0.3) is 11.1 Å². The number of nitrogens with zero attached hydrogens (tertiary/aromatic N) is 6. The van der Waals surface area contributed by atoms with Gasteiger partial charge in [0.2, 0.25) is 0 Å². The maximum absolute atomic E-state index is 12.0. The first kappa shape index (κ1) is 24.1. The van der Waals surface area contributed by atoms with Crippen molar-refractivity contribution in [2.75, 3.05) is 64.0 Å². The zero-order valence-corrected chi connectivity index (χ0v) is 21.1. The predicted molar refractivity (Wildman–Crippen MR) is 134 cm³/mol. The second kappa shape index (κ2) is 10.5. The number of hydrogen-bond donors (Lipinski definition) is 0. The fraction of sp³-hybridized carbons (Fsp3) is 0.654. The molecule has 35 heavy (non-hydrogen) atoms. The highest BCUT2D eigenvalue weighted by Crippen LogP contribution is 2.47. The first-order valence-electron chi connectivity index (χ1n) is 13.1. The molecule has 3 aliphatic rings. The summed E-state index contributed by atoms with van der Waals surface area (Å²) < 4.78 is 12.6. The number of rotatable bonds is 8. The third-order valence-electron chi connectivity index (χ3n) is 7.79. The lowest BCUT2D eigenvalue weighted by Crippen LogP contribution is -2.58. The van der Waals surface area contributed by atoms with E-state index >= 15 is 0 Å². The molecule has 4 heterocycles. The monoisotopic (exact) mass is 482 g/mol. The maximum Gasteiger partial charge on any atom is 0.409 e. The van der Waals surface area contributed by atoms with Gasteiger partial charge in [-0.2, -0.15) is 5.10 Å². The van der Waals surface area contributed by atoms with Crippen LogP contribution in [0.2, 0.25) is 0 Å². The Balaban J connectivity index is 1.16. The molecule has 1 aliphatic carbocycles. The second-order valence-corrected chi connectivity index (χ2v) is 10.0. The third kappa shape index (κ3) is 5.16. The largest absolute Gasteiger partial charge is 0.450 e. The van der Waals surface area contributed by atoms with Crippen LogP contribution in [0.15, 0.2) is 30.7 Å². The molecule has 1 amide bonds. The van der Waals surface area contributed by atoms with Crippen molar-refractivity contribution in [2.24, 2.45) is 5.41 Å². The molecule has 0 N–H and O–H groups in total. The molecule has 3 fully saturated rings. The minimum absolute atomic E-state index is 0.152. The number of carbonyl (C=O) groups excluding carboxylic acids is 1. The van der Waals surface area contributed by atoms with E-state index in [9.17, 15) is 4.79 Å². The highest BCUT2D eigenvalue weighted by Gasteiger charge is 2.51. The minimum atomic E-state index is -0.152. The van der Waals surface area contributed by atoms with Gasteiger partial charge in [0.1, 0.15) is 5.82 Å². The Kier molecular flexibility index (Phi) is 7.24.